The number of hydrogen-bond donors (Lipinski definition) is 0. The number of benzene rings is 1. The van der Waals surface area contributed by atoms with Crippen LogP contribution in [0.3, 0.4) is 0 Å². The first-order chi connectivity index (χ1) is 7.85. The van der Waals surface area contributed by atoms with E-state index >= 15 is 0 Å². The van der Waals surface area contributed by atoms with E-state index in [9.17, 15) is 0 Å². The Morgan fingerprint density at radius 3 is 3.06 bits per heavy atom. The van der Waals surface area contributed by atoms with E-state index in [2.05, 4.69) is 18.2 Å². The Balaban J connectivity index is 2.41. The Bertz CT molecular complexity index is 454. The van der Waals surface area contributed by atoms with Crippen LogP contribution in [0.2, 0.25) is 0 Å². The molecule has 1 aromatic rings. The normalized spacial score (nSPS) is 16.6. The predicted octanol–water partition coefficient (Wildman–Crippen LogP) is 3.33. The lowest BCUT2D eigenvalue weighted by atomic mass is 9.87. The van der Waals surface area contributed by atoms with Crippen LogP contribution in [-0.2, 0) is 6.42 Å². The van der Waals surface area contributed by atoms with Crippen molar-refractivity contribution in [2.45, 2.75) is 26.2 Å². The third-order valence-corrected chi connectivity index (χ3v) is 2.87. The lowest BCUT2D eigenvalue weighted by Gasteiger charge is -2.19. The Hall–Kier alpha value is -1.75. The van der Waals surface area contributed by atoms with Gasteiger partial charge in [0, 0.05) is 6.08 Å². The zero-order valence-electron chi connectivity index (χ0n) is 9.49. The summed E-state index contributed by atoms with van der Waals surface area (Å²) >= 11 is 0. The molecule has 0 unspecified atom stereocenters. The SMILES string of the molecule is CCOc1ccc2c(c1)/C(=C\C#N)CCC2. The quantitative estimate of drug-likeness (QED) is 0.706. The number of nitrogens with zero attached hydrogens (tertiary/aromatic N) is 1. The Morgan fingerprint density at radius 1 is 1.44 bits per heavy atom. The molecule has 2 nitrogen and oxygen atoms in total. The monoisotopic (exact) mass is 213 g/mol. The fourth-order valence-electron chi connectivity index (χ4n) is 2.16. The van der Waals surface area contributed by atoms with Crippen molar-refractivity contribution in [1.29, 1.82) is 5.26 Å². The van der Waals surface area contributed by atoms with Crippen LogP contribution in [0.5, 0.6) is 5.75 Å². The van der Waals surface area contributed by atoms with E-state index in [-0.39, 0.29) is 0 Å². The average Bonchev–Trinajstić information content (AvgIpc) is 2.31. The van der Waals surface area contributed by atoms with Gasteiger partial charge in [-0.1, -0.05) is 6.07 Å². The van der Waals surface area contributed by atoms with Gasteiger partial charge in [-0.2, -0.15) is 5.26 Å². The largest absolute Gasteiger partial charge is 0.494 e. The van der Waals surface area contributed by atoms with Gasteiger partial charge >= 0.3 is 0 Å². The highest BCUT2D eigenvalue weighted by Gasteiger charge is 2.14. The number of aryl methyl sites for hydroxylation is 1. The highest BCUT2D eigenvalue weighted by atomic mass is 16.5. The summed E-state index contributed by atoms with van der Waals surface area (Å²) in [5.74, 6) is 0.895. The number of ether oxygens (including phenoxy) is 1. The topological polar surface area (TPSA) is 33.0 Å². The van der Waals surface area contributed by atoms with Crippen molar-refractivity contribution >= 4 is 5.57 Å². The van der Waals surface area contributed by atoms with E-state index in [4.69, 9.17) is 10.00 Å². The van der Waals surface area contributed by atoms with Gasteiger partial charge in [0.2, 0.25) is 0 Å². The molecule has 16 heavy (non-hydrogen) atoms. The highest BCUT2D eigenvalue weighted by Crippen LogP contribution is 2.33. The molecule has 1 aliphatic rings. The fourth-order valence-corrected chi connectivity index (χ4v) is 2.16. The summed E-state index contributed by atoms with van der Waals surface area (Å²) in [4.78, 5) is 0. The molecule has 82 valence electrons. The first-order valence-electron chi connectivity index (χ1n) is 5.70. The van der Waals surface area contributed by atoms with E-state index in [1.807, 2.05) is 13.0 Å². The second kappa shape index (κ2) is 4.85. The van der Waals surface area contributed by atoms with E-state index in [1.165, 1.54) is 11.1 Å². The average molecular weight is 213 g/mol. The molecule has 0 amide bonds. The van der Waals surface area contributed by atoms with Crippen LogP contribution in [0.1, 0.15) is 30.9 Å². The molecule has 0 aromatic heterocycles. The van der Waals surface area contributed by atoms with Gasteiger partial charge in [0.05, 0.1) is 12.7 Å². The van der Waals surface area contributed by atoms with Gasteiger partial charge in [0.15, 0.2) is 0 Å². The third kappa shape index (κ3) is 2.09. The second-order valence-corrected chi connectivity index (χ2v) is 3.90. The Morgan fingerprint density at radius 2 is 2.31 bits per heavy atom. The fraction of sp³-hybridized carbons (Fsp3) is 0.357. The summed E-state index contributed by atoms with van der Waals surface area (Å²) in [6, 6.07) is 8.31. The maximum absolute atomic E-state index is 8.76. The van der Waals surface area contributed by atoms with Gasteiger partial charge in [0.25, 0.3) is 0 Å². The molecule has 2 heteroatoms. The van der Waals surface area contributed by atoms with Crippen molar-refractivity contribution in [1.82, 2.24) is 0 Å². The van der Waals surface area contributed by atoms with Crippen molar-refractivity contribution in [3.05, 3.63) is 35.4 Å². The molecular weight excluding hydrogens is 198 g/mol. The molecular formula is C14H15NO. The van der Waals surface area contributed by atoms with Crippen molar-refractivity contribution in [2.75, 3.05) is 6.61 Å². The lowest BCUT2D eigenvalue weighted by Crippen LogP contribution is -2.02. The number of rotatable bonds is 2. The van der Waals surface area contributed by atoms with Gasteiger partial charge in [0.1, 0.15) is 5.75 Å². The molecule has 0 fully saturated rings. The van der Waals surface area contributed by atoms with Gasteiger partial charge in [-0.25, -0.2) is 0 Å². The summed E-state index contributed by atoms with van der Waals surface area (Å²) in [5, 5.41) is 8.76. The van der Waals surface area contributed by atoms with Crippen LogP contribution in [0.15, 0.2) is 24.3 Å². The predicted molar refractivity (Wildman–Crippen MR) is 64.1 cm³/mol. The molecule has 0 N–H and O–H groups in total. The van der Waals surface area contributed by atoms with E-state index in [0.29, 0.717) is 6.61 Å². The lowest BCUT2D eigenvalue weighted by molar-refractivity contribution is 0.340. The van der Waals surface area contributed by atoms with Gasteiger partial charge in [-0.15, -0.1) is 0 Å². The Kier molecular flexibility index (Phi) is 3.26. The first kappa shape index (κ1) is 10.8. The first-order valence-corrected chi connectivity index (χ1v) is 5.70. The number of hydrogen-bond acceptors (Lipinski definition) is 2. The zero-order valence-corrected chi connectivity index (χ0v) is 9.49. The number of nitriles is 1. The standard InChI is InChI=1S/C14H15NO/c1-2-16-13-7-6-11-4-3-5-12(8-9-15)14(11)10-13/h6-8,10H,2-5H2,1H3/b12-8-. The Labute approximate surface area is 96.2 Å². The second-order valence-electron chi connectivity index (χ2n) is 3.90. The summed E-state index contributed by atoms with van der Waals surface area (Å²) in [5.41, 5.74) is 3.67. The molecule has 0 saturated heterocycles. The van der Waals surface area contributed by atoms with Crippen molar-refractivity contribution in [3.63, 3.8) is 0 Å². The molecule has 1 aromatic carbocycles. The van der Waals surface area contributed by atoms with Crippen LogP contribution in [0, 0.1) is 11.3 Å². The summed E-state index contributed by atoms with van der Waals surface area (Å²) in [6.07, 6.45) is 4.89. The van der Waals surface area contributed by atoms with Gasteiger partial charge < -0.3 is 4.74 Å². The van der Waals surface area contributed by atoms with Crippen molar-refractivity contribution in [3.8, 4) is 11.8 Å². The summed E-state index contributed by atoms with van der Waals surface area (Å²) < 4.78 is 5.49. The van der Waals surface area contributed by atoms with Crippen LogP contribution in [-0.4, -0.2) is 6.61 Å². The maximum atomic E-state index is 8.76. The van der Waals surface area contributed by atoms with E-state index < -0.39 is 0 Å². The van der Waals surface area contributed by atoms with Crippen molar-refractivity contribution in [2.24, 2.45) is 0 Å². The number of allylic oxidation sites excluding steroid dienone is 2. The van der Waals surface area contributed by atoms with Crippen LogP contribution in [0.25, 0.3) is 5.57 Å². The van der Waals surface area contributed by atoms with E-state index in [1.54, 1.807) is 6.08 Å². The summed E-state index contributed by atoms with van der Waals surface area (Å²) in [6.45, 7) is 2.65. The van der Waals surface area contributed by atoms with Crippen LogP contribution < -0.4 is 4.74 Å². The number of fused-ring (bicyclic) bond motifs is 1. The van der Waals surface area contributed by atoms with Crippen LogP contribution in [0.4, 0.5) is 0 Å². The summed E-state index contributed by atoms with van der Waals surface area (Å²) in [7, 11) is 0. The molecule has 0 radical (unpaired) electrons. The smallest absolute Gasteiger partial charge is 0.119 e. The van der Waals surface area contributed by atoms with Crippen molar-refractivity contribution < 1.29 is 4.74 Å². The van der Waals surface area contributed by atoms with Gasteiger partial charge in [-0.05, 0) is 55.0 Å². The molecule has 0 heterocycles. The molecule has 0 atom stereocenters. The minimum atomic E-state index is 0.677. The molecule has 0 saturated carbocycles. The molecule has 0 spiro atoms. The van der Waals surface area contributed by atoms with Gasteiger partial charge in [-0.3, -0.25) is 0 Å². The molecule has 0 aliphatic heterocycles. The minimum Gasteiger partial charge on any atom is -0.494 e. The minimum absolute atomic E-state index is 0.677. The third-order valence-electron chi connectivity index (χ3n) is 2.87. The zero-order chi connectivity index (χ0) is 11.4. The molecule has 0 bridgehead atoms. The van der Waals surface area contributed by atoms with Crippen LogP contribution >= 0.6 is 0 Å². The molecule has 2 rings (SSSR count). The van der Waals surface area contributed by atoms with E-state index in [0.717, 1.165) is 30.6 Å². The maximum Gasteiger partial charge on any atom is 0.119 e. The molecule has 1 aliphatic carbocycles. The highest BCUT2D eigenvalue weighted by molar-refractivity contribution is 5.72.